The third kappa shape index (κ3) is 4.11. The Balaban J connectivity index is 2.17. The van der Waals surface area contributed by atoms with Gasteiger partial charge in [-0.3, -0.25) is 4.90 Å². The first-order valence-electron chi connectivity index (χ1n) is 6.77. The van der Waals surface area contributed by atoms with Gasteiger partial charge in [0.25, 0.3) is 0 Å². The molecule has 1 heterocycles. The second-order valence-electron chi connectivity index (χ2n) is 5.01. The van der Waals surface area contributed by atoms with Crippen LogP contribution in [0.2, 0.25) is 0 Å². The van der Waals surface area contributed by atoms with Crippen molar-refractivity contribution in [2.75, 3.05) is 26.2 Å². The van der Waals surface area contributed by atoms with Gasteiger partial charge in [-0.2, -0.15) is 13.2 Å². The second-order valence-corrected chi connectivity index (χ2v) is 5.01. The molecule has 0 radical (unpaired) electrons. The van der Waals surface area contributed by atoms with Gasteiger partial charge >= 0.3 is 6.18 Å². The number of para-hydroxylation sites is 1. The summed E-state index contributed by atoms with van der Waals surface area (Å²) in [5.74, 6) is 0.0678. The zero-order chi connectivity index (χ0) is 14.6. The van der Waals surface area contributed by atoms with E-state index in [0.29, 0.717) is 18.7 Å². The van der Waals surface area contributed by atoms with Crippen LogP contribution in [-0.2, 0) is 0 Å². The van der Waals surface area contributed by atoms with Crippen molar-refractivity contribution in [3.05, 3.63) is 29.8 Å². The highest BCUT2D eigenvalue weighted by Gasteiger charge is 2.32. The Kier molecular flexibility index (Phi) is 4.88. The van der Waals surface area contributed by atoms with Crippen molar-refractivity contribution in [1.82, 2.24) is 10.2 Å². The van der Waals surface area contributed by atoms with E-state index in [4.69, 9.17) is 0 Å². The Hall–Kier alpha value is -1.27. The van der Waals surface area contributed by atoms with Crippen molar-refractivity contribution in [2.24, 2.45) is 0 Å². The molecule has 1 aromatic carbocycles. The number of hydrogen-bond acceptors (Lipinski definition) is 3. The molecule has 0 amide bonds. The average Bonchev–Trinajstić information content (AvgIpc) is 2.41. The maximum Gasteiger partial charge on any atom is 0.389 e. The van der Waals surface area contributed by atoms with Gasteiger partial charge in [-0.25, -0.2) is 0 Å². The van der Waals surface area contributed by atoms with Crippen molar-refractivity contribution in [3.8, 4) is 5.75 Å². The van der Waals surface area contributed by atoms with E-state index in [9.17, 15) is 18.3 Å². The highest BCUT2D eigenvalue weighted by molar-refractivity contribution is 5.34. The molecule has 1 saturated heterocycles. The smallest absolute Gasteiger partial charge is 0.389 e. The fourth-order valence-corrected chi connectivity index (χ4v) is 2.60. The number of hydrogen-bond donors (Lipinski definition) is 2. The first-order chi connectivity index (χ1) is 9.47. The van der Waals surface area contributed by atoms with Crippen LogP contribution in [0, 0.1) is 0 Å². The average molecular weight is 288 g/mol. The van der Waals surface area contributed by atoms with Gasteiger partial charge < -0.3 is 10.4 Å². The van der Waals surface area contributed by atoms with E-state index in [2.05, 4.69) is 5.32 Å². The molecule has 0 aliphatic carbocycles. The van der Waals surface area contributed by atoms with Crippen molar-refractivity contribution < 1.29 is 18.3 Å². The lowest BCUT2D eigenvalue weighted by Crippen LogP contribution is -2.45. The SMILES string of the molecule is Oc1ccccc1[C@@H](CCC(F)(F)F)N1CCNCC1. The number of phenols is 1. The van der Waals surface area contributed by atoms with E-state index in [-0.39, 0.29) is 18.2 Å². The summed E-state index contributed by atoms with van der Waals surface area (Å²) in [6.45, 7) is 2.90. The Labute approximate surface area is 116 Å². The van der Waals surface area contributed by atoms with E-state index < -0.39 is 12.6 Å². The van der Waals surface area contributed by atoms with Crippen LogP contribution in [0.15, 0.2) is 24.3 Å². The molecule has 0 spiro atoms. The second kappa shape index (κ2) is 6.45. The van der Waals surface area contributed by atoms with Crippen LogP contribution < -0.4 is 5.32 Å². The minimum atomic E-state index is -4.17. The summed E-state index contributed by atoms with van der Waals surface area (Å²) in [6.07, 6.45) is -5.03. The lowest BCUT2D eigenvalue weighted by Gasteiger charge is -2.35. The fraction of sp³-hybridized carbons (Fsp3) is 0.571. The molecule has 1 aliphatic heterocycles. The Morgan fingerprint density at radius 2 is 1.85 bits per heavy atom. The van der Waals surface area contributed by atoms with Crippen LogP contribution >= 0.6 is 0 Å². The van der Waals surface area contributed by atoms with Gasteiger partial charge in [0.05, 0.1) is 0 Å². The van der Waals surface area contributed by atoms with Gasteiger partial charge in [0.2, 0.25) is 0 Å². The van der Waals surface area contributed by atoms with Crippen molar-refractivity contribution in [1.29, 1.82) is 0 Å². The summed E-state index contributed by atoms with van der Waals surface area (Å²) in [7, 11) is 0. The molecule has 0 bridgehead atoms. The number of alkyl halides is 3. The zero-order valence-electron chi connectivity index (χ0n) is 11.2. The molecule has 112 valence electrons. The standard InChI is InChI=1S/C14H19F3N2O/c15-14(16,17)6-5-12(19-9-7-18-8-10-19)11-3-1-2-4-13(11)20/h1-4,12,18,20H,5-10H2/t12-/m1/s1. The summed E-state index contributed by atoms with van der Waals surface area (Å²) < 4.78 is 37.5. The van der Waals surface area contributed by atoms with Gasteiger partial charge in [0.1, 0.15) is 5.75 Å². The highest BCUT2D eigenvalue weighted by atomic mass is 19.4. The molecule has 1 atom stereocenters. The number of aromatic hydroxyl groups is 1. The fourth-order valence-electron chi connectivity index (χ4n) is 2.60. The molecule has 0 aromatic heterocycles. The quantitative estimate of drug-likeness (QED) is 0.894. The maximum absolute atomic E-state index is 12.5. The number of phenolic OH excluding ortho intramolecular Hbond substituents is 1. The van der Waals surface area contributed by atoms with E-state index in [1.54, 1.807) is 18.2 Å². The van der Waals surface area contributed by atoms with Crippen molar-refractivity contribution >= 4 is 0 Å². The Morgan fingerprint density at radius 3 is 2.45 bits per heavy atom. The number of halogens is 3. The lowest BCUT2D eigenvalue weighted by atomic mass is 9.98. The predicted octanol–water partition coefficient (Wildman–Crippen LogP) is 2.68. The van der Waals surface area contributed by atoms with Crippen LogP contribution in [0.3, 0.4) is 0 Å². The third-order valence-electron chi connectivity index (χ3n) is 3.59. The molecule has 0 unspecified atom stereocenters. The molecule has 3 nitrogen and oxygen atoms in total. The van der Waals surface area contributed by atoms with Crippen LogP contribution in [0.5, 0.6) is 5.75 Å². The van der Waals surface area contributed by atoms with Crippen molar-refractivity contribution in [3.63, 3.8) is 0 Å². The summed E-state index contributed by atoms with van der Waals surface area (Å²) >= 11 is 0. The Bertz CT molecular complexity index is 431. The van der Waals surface area contributed by atoms with E-state index in [1.165, 1.54) is 6.07 Å². The predicted molar refractivity (Wildman–Crippen MR) is 70.6 cm³/mol. The highest BCUT2D eigenvalue weighted by Crippen LogP contribution is 2.35. The number of nitrogens with zero attached hydrogens (tertiary/aromatic N) is 1. The van der Waals surface area contributed by atoms with Gasteiger partial charge in [-0.15, -0.1) is 0 Å². The molecule has 6 heteroatoms. The Morgan fingerprint density at radius 1 is 1.20 bits per heavy atom. The molecule has 2 N–H and O–H groups in total. The van der Waals surface area contributed by atoms with Gasteiger partial charge in [-0.1, -0.05) is 18.2 Å². The lowest BCUT2D eigenvalue weighted by molar-refractivity contribution is -0.138. The summed E-state index contributed by atoms with van der Waals surface area (Å²) in [5, 5.41) is 13.1. The van der Waals surface area contributed by atoms with E-state index in [0.717, 1.165) is 13.1 Å². The molecule has 1 aromatic rings. The summed E-state index contributed by atoms with van der Waals surface area (Å²) in [4.78, 5) is 2.01. The van der Waals surface area contributed by atoms with Crippen LogP contribution in [0.25, 0.3) is 0 Å². The van der Waals surface area contributed by atoms with E-state index >= 15 is 0 Å². The molecule has 1 aliphatic rings. The number of piperazine rings is 1. The molecule has 0 saturated carbocycles. The zero-order valence-corrected chi connectivity index (χ0v) is 11.2. The summed E-state index contributed by atoms with van der Waals surface area (Å²) in [6, 6.07) is 6.27. The molecular weight excluding hydrogens is 269 g/mol. The van der Waals surface area contributed by atoms with Gasteiger partial charge in [-0.05, 0) is 12.5 Å². The third-order valence-corrected chi connectivity index (χ3v) is 3.59. The van der Waals surface area contributed by atoms with Crippen LogP contribution in [0.4, 0.5) is 13.2 Å². The van der Waals surface area contributed by atoms with Gasteiger partial charge in [0.15, 0.2) is 0 Å². The maximum atomic E-state index is 12.5. The number of nitrogens with one attached hydrogen (secondary N) is 1. The van der Waals surface area contributed by atoms with Crippen molar-refractivity contribution in [2.45, 2.75) is 25.1 Å². The van der Waals surface area contributed by atoms with E-state index in [1.807, 2.05) is 4.90 Å². The van der Waals surface area contributed by atoms with Gasteiger partial charge in [0, 0.05) is 44.2 Å². The minimum absolute atomic E-state index is 0.0267. The molecule has 1 fully saturated rings. The topological polar surface area (TPSA) is 35.5 Å². The largest absolute Gasteiger partial charge is 0.508 e. The number of rotatable bonds is 4. The minimum Gasteiger partial charge on any atom is -0.508 e. The summed E-state index contributed by atoms with van der Waals surface area (Å²) in [5.41, 5.74) is 0.582. The normalized spacial score (nSPS) is 18.9. The number of benzene rings is 1. The molecular formula is C14H19F3N2O. The molecule has 2 rings (SSSR count). The first-order valence-corrected chi connectivity index (χ1v) is 6.77. The van der Waals surface area contributed by atoms with Crippen LogP contribution in [-0.4, -0.2) is 42.4 Å². The molecule has 20 heavy (non-hydrogen) atoms. The monoisotopic (exact) mass is 288 g/mol. The first kappa shape index (κ1) is 15.1. The van der Waals surface area contributed by atoms with Crippen LogP contribution in [0.1, 0.15) is 24.4 Å².